The number of piperidine rings is 2. The van der Waals surface area contributed by atoms with Crippen molar-refractivity contribution < 1.29 is 4.39 Å². The lowest BCUT2D eigenvalue weighted by molar-refractivity contribution is 0.0135. The van der Waals surface area contributed by atoms with Gasteiger partial charge in [0, 0.05) is 0 Å². The number of alkyl halides is 1. The van der Waals surface area contributed by atoms with Crippen LogP contribution in [0.5, 0.6) is 0 Å². The van der Waals surface area contributed by atoms with Crippen LogP contribution in [0.25, 0.3) is 0 Å². The monoisotopic (exact) mass is 129 g/mol. The third kappa shape index (κ3) is 0.692. The number of fused-ring (bicyclic) bond motifs is 2. The predicted octanol–water partition coefficient (Wildman–Crippen LogP) is 0.811. The van der Waals surface area contributed by atoms with E-state index in [1.807, 2.05) is 0 Å². The van der Waals surface area contributed by atoms with Crippen LogP contribution >= 0.6 is 0 Å². The molecule has 0 radical (unpaired) electrons. The van der Waals surface area contributed by atoms with Crippen molar-refractivity contribution in [3.05, 3.63) is 0 Å². The van der Waals surface area contributed by atoms with Gasteiger partial charge >= 0.3 is 0 Å². The summed E-state index contributed by atoms with van der Waals surface area (Å²) in [7, 11) is 0. The fourth-order valence-corrected chi connectivity index (χ4v) is 2.10. The summed E-state index contributed by atoms with van der Waals surface area (Å²) in [6, 6.07) is 0. The predicted molar refractivity (Wildman–Crippen MR) is 33.9 cm³/mol. The molecule has 2 saturated heterocycles. The SMILES string of the molecule is FCC1[C@@H]2CNC[C@H]1C2. The molecule has 52 valence electrons. The number of hydrogen-bond acceptors (Lipinski definition) is 1. The summed E-state index contributed by atoms with van der Waals surface area (Å²) in [6.07, 6.45) is 1.28. The van der Waals surface area contributed by atoms with Crippen LogP contribution in [-0.2, 0) is 0 Å². The van der Waals surface area contributed by atoms with E-state index in [9.17, 15) is 4.39 Å². The Bertz CT molecular complexity index is 101. The second-order valence-corrected chi connectivity index (χ2v) is 3.23. The van der Waals surface area contributed by atoms with E-state index in [1.54, 1.807) is 0 Å². The van der Waals surface area contributed by atoms with E-state index in [0.29, 0.717) is 17.8 Å². The highest BCUT2D eigenvalue weighted by Crippen LogP contribution is 2.42. The van der Waals surface area contributed by atoms with Crippen LogP contribution in [0.4, 0.5) is 4.39 Å². The second-order valence-electron chi connectivity index (χ2n) is 3.23. The molecule has 3 fully saturated rings. The standard InChI is InChI=1S/C7H12FN/c8-2-7-5-1-6(7)4-9-3-5/h5-7,9H,1-4H2/t5-,6+,7?. The summed E-state index contributed by atoms with van der Waals surface area (Å²) < 4.78 is 12.1. The van der Waals surface area contributed by atoms with Gasteiger partial charge in [-0.05, 0) is 37.3 Å². The molecule has 0 aromatic rings. The average Bonchev–Trinajstić information content (AvgIpc) is 1.90. The molecule has 3 rings (SSSR count). The summed E-state index contributed by atoms with van der Waals surface area (Å²) in [5.41, 5.74) is 0. The third-order valence-electron chi connectivity index (χ3n) is 2.81. The summed E-state index contributed by atoms with van der Waals surface area (Å²) in [5.74, 6) is 1.77. The lowest BCUT2D eigenvalue weighted by atomic mass is 9.63. The van der Waals surface area contributed by atoms with Crippen molar-refractivity contribution >= 4 is 0 Å². The van der Waals surface area contributed by atoms with Gasteiger partial charge in [-0.15, -0.1) is 0 Å². The van der Waals surface area contributed by atoms with Crippen molar-refractivity contribution in [2.75, 3.05) is 19.8 Å². The number of hydrogen-bond donors (Lipinski definition) is 1. The van der Waals surface area contributed by atoms with Crippen molar-refractivity contribution in [1.82, 2.24) is 5.32 Å². The van der Waals surface area contributed by atoms with Gasteiger partial charge in [0.2, 0.25) is 0 Å². The smallest absolute Gasteiger partial charge is 0.0928 e. The molecule has 2 bridgehead atoms. The van der Waals surface area contributed by atoms with Gasteiger partial charge in [-0.25, -0.2) is 0 Å². The highest BCUT2D eigenvalue weighted by molar-refractivity contribution is 4.95. The molecule has 0 aromatic carbocycles. The number of nitrogens with one attached hydrogen (secondary N) is 1. The molecule has 0 aromatic heterocycles. The first-order valence-electron chi connectivity index (χ1n) is 3.68. The van der Waals surface area contributed by atoms with Gasteiger partial charge in [0.05, 0.1) is 6.67 Å². The van der Waals surface area contributed by atoms with E-state index in [-0.39, 0.29) is 6.67 Å². The maximum atomic E-state index is 12.1. The van der Waals surface area contributed by atoms with Gasteiger partial charge in [0.25, 0.3) is 0 Å². The van der Waals surface area contributed by atoms with Gasteiger partial charge in [-0.1, -0.05) is 0 Å². The Morgan fingerprint density at radius 2 is 2.00 bits per heavy atom. The molecular weight excluding hydrogens is 117 g/mol. The first-order valence-corrected chi connectivity index (χ1v) is 3.68. The number of halogens is 1. The van der Waals surface area contributed by atoms with Gasteiger partial charge < -0.3 is 5.32 Å². The van der Waals surface area contributed by atoms with Gasteiger partial charge in [-0.2, -0.15) is 0 Å². The van der Waals surface area contributed by atoms with Gasteiger partial charge in [0.1, 0.15) is 0 Å². The largest absolute Gasteiger partial charge is 0.316 e. The molecule has 1 nitrogen and oxygen atoms in total. The maximum Gasteiger partial charge on any atom is 0.0928 e. The fraction of sp³-hybridized carbons (Fsp3) is 1.00. The minimum atomic E-state index is -0.0863. The lowest BCUT2D eigenvalue weighted by Gasteiger charge is -2.48. The summed E-state index contributed by atoms with van der Waals surface area (Å²) >= 11 is 0. The molecule has 2 heteroatoms. The summed E-state index contributed by atoms with van der Waals surface area (Å²) in [6.45, 7) is 2.03. The quantitative estimate of drug-likeness (QED) is 0.552. The van der Waals surface area contributed by atoms with Crippen LogP contribution in [0.3, 0.4) is 0 Å². The van der Waals surface area contributed by atoms with Crippen LogP contribution in [0.1, 0.15) is 6.42 Å². The molecule has 9 heavy (non-hydrogen) atoms. The van der Waals surface area contributed by atoms with Crippen molar-refractivity contribution in [1.29, 1.82) is 0 Å². The molecular formula is C7H12FN. The molecule has 2 heterocycles. The molecule has 1 saturated carbocycles. The molecule has 3 atom stereocenters. The molecule has 3 aliphatic rings. The van der Waals surface area contributed by atoms with Crippen LogP contribution in [0.2, 0.25) is 0 Å². The third-order valence-corrected chi connectivity index (χ3v) is 2.81. The number of rotatable bonds is 1. The van der Waals surface area contributed by atoms with E-state index >= 15 is 0 Å². The Morgan fingerprint density at radius 3 is 2.33 bits per heavy atom. The molecule has 2 aliphatic heterocycles. The summed E-state index contributed by atoms with van der Waals surface area (Å²) in [5, 5.41) is 3.28. The molecule has 1 N–H and O–H groups in total. The zero-order chi connectivity index (χ0) is 6.27. The Labute approximate surface area is 54.6 Å². The Morgan fingerprint density at radius 1 is 1.33 bits per heavy atom. The Balaban J connectivity index is 1.97. The van der Waals surface area contributed by atoms with Crippen molar-refractivity contribution in [3.8, 4) is 0 Å². The van der Waals surface area contributed by atoms with E-state index in [0.717, 1.165) is 13.1 Å². The average molecular weight is 129 g/mol. The summed E-state index contributed by atoms with van der Waals surface area (Å²) in [4.78, 5) is 0. The van der Waals surface area contributed by atoms with Crippen LogP contribution in [0.15, 0.2) is 0 Å². The van der Waals surface area contributed by atoms with E-state index in [1.165, 1.54) is 6.42 Å². The highest BCUT2D eigenvalue weighted by atomic mass is 19.1. The molecule has 1 aliphatic carbocycles. The lowest BCUT2D eigenvalue weighted by Crippen LogP contribution is -2.54. The van der Waals surface area contributed by atoms with E-state index in [2.05, 4.69) is 5.32 Å². The van der Waals surface area contributed by atoms with Crippen molar-refractivity contribution in [3.63, 3.8) is 0 Å². The Hall–Kier alpha value is -0.110. The van der Waals surface area contributed by atoms with Crippen molar-refractivity contribution in [2.45, 2.75) is 6.42 Å². The van der Waals surface area contributed by atoms with Crippen LogP contribution < -0.4 is 5.32 Å². The van der Waals surface area contributed by atoms with Gasteiger partial charge in [-0.3, -0.25) is 4.39 Å². The van der Waals surface area contributed by atoms with Crippen molar-refractivity contribution in [2.24, 2.45) is 17.8 Å². The fourth-order valence-electron chi connectivity index (χ4n) is 2.10. The normalized spacial score (nSPS) is 48.3. The molecule has 0 amide bonds. The zero-order valence-corrected chi connectivity index (χ0v) is 5.44. The molecule has 1 unspecified atom stereocenters. The molecule has 0 spiro atoms. The topological polar surface area (TPSA) is 12.0 Å². The Kier molecular flexibility index (Phi) is 1.22. The van der Waals surface area contributed by atoms with E-state index < -0.39 is 0 Å². The first-order chi connectivity index (χ1) is 4.42. The first kappa shape index (κ1) is 5.66. The minimum Gasteiger partial charge on any atom is -0.316 e. The van der Waals surface area contributed by atoms with Gasteiger partial charge in [0.15, 0.2) is 0 Å². The minimum absolute atomic E-state index is 0.0863. The zero-order valence-electron chi connectivity index (χ0n) is 5.44. The van der Waals surface area contributed by atoms with Crippen LogP contribution in [-0.4, -0.2) is 19.8 Å². The maximum absolute atomic E-state index is 12.1. The highest BCUT2D eigenvalue weighted by Gasteiger charge is 2.43. The van der Waals surface area contributed by atoms with E-state index in [4.69, 9.17) is 0 Å². The second kappa shape index (κ2) is 1.94. The van der Waals surface area contributed by atoms with Crippen LogP contribution in [0, 0.1) is 17.8 Å².